The Labute approximate surface area is 239 Å². The first-order chi connectivity index (χ1) is 19.9. The van der Waals surface area contributed by atoms with Crippen LogP contribution in [0, 0.1) is 0 Å². The minimum atomic E-state index is -4.01. The average molecular weight is 572 g/mol. The minimum absolute atomic E-state index is 0.0289. The fourth-order valence-corrected chi connectivity index (χ4v) is 5.89. The van der Waals surface area contributed by atoms with Gasteiger partial charge in [0.15, 0.2) is 0 Å². The van der Waals surface area contributed by atoms with Gasteiger partial charge in [-0.15, -0.1) is 0 Å². The van der Waals surface area contributed by atoms with Crippen LogP contribution < -0.4 is 9.50 Å². The molecule has 9 heteroatoms. The van der Waals surface area contributed by atoms with Gasteiger partial charge in [-0.05, 0) is 59.0 Å². The number of amides is 1. The van der Waals surface area contributed by atoms with Crippen LogP contribution in [0.1, 0.15) is 42.0 Å². The predicted octanol–water partition coefficient (Wildman–Crippen LogP) is 5.99. The summed E-state index contributed by atoms with van der Waals surface area (Å²) in [5.41, 5.74) is 4.97. The molecule has 41 heavy (non-hydrogen) atoms. The van der Waals surface area contributed by atoms with Crippen molar-refractivity contribution in [2.75, 3.05) is 13.2 Å². The summed E-state index contributed by atoms with van der Waals surface area (Å²) >= 11 is 0. The van der Waals surface area contributed by atoms with Gasteiger partial charge in [-0.25, -0.2) is 4.79 Å². The van der Waals surface area contributed by atoms with E-state index in [-0.39, 0.29) is 36.2 Å². The van der Waals surface area contributed by atoms with Crippen molar-refractivity contribution in [1.29, 1.82) is 0 Å². The van der Waals surface area contributed by atoms with Gasteiger partial charge in [0.25, 0.3) is 0 Å². The monoisotopic (exact) mass is 571 g/mol. The maximum Gasteiger partial charge on any atom is 0.407 e. The number of fused-ring (bicyclic) bond motifs is 3. The lowest BCUT2D eigenvalue weighted by molar-refractivity contribution is -0.143. The molecule has 0 bridgehead atoms. The summed E-state index contributed by atoms with van der Waals surface area (Å²) in [7, 11) is -4.01. The van der Waals surface area contributed by atoms with E-state index in [1.54, 1.807) is 37.3 Å². The summed E-state index contributed by atoms with van der Waals surface area (Å²) in [6.07, 6.45) is -0.825. The van der Waals surface area contributed by atoms with Crippen molar-refractivity contribution in [3.8, 4) is 16.9 Å². The molecule has 0 saturated heterocycles. The molecule has 0 heterocycles. The van der Waals surface area contributed by atoms with Crippen LogP contribution in [0.15, 0.2) is 108 Å². The maximum atomic E-state index is 13.0. The van der Waals surface area contributed by atoms with E-state index < -0.39 is 28.2 Å². The van der Waals surface area contributed by atoms with E-state index in [0.29, 0.717) is 5.56 Å². The second-order valence-electron chi connectivity index (χ2n) is 9.45. The topological polar surface area (TPSA) is 108 Å². The van der Waals surface area contributed by atoms with Crippen LogP contribution in [-0.2, 0) is 24.4 Å². The molecular weight excluding hydrogens is 542 g/mol. The molecular formula is C32H29NO7S. The van der Waals surface area contributed by atoms with E-state index in [1.807, 2.05) is 36.4 Å². The summed E-state index contributed by atoms with van der Waals surface area (Å²) in [4.78, 5) is 25.3. The standard InChI is InChI=1S/C32H29NO7S/c1-2-38-31(34)20-30(22-16-18-23(19-17-22)40-41(36,37)24-10-4-3-5-11-24)33-32(35)39-21-29-27-14-8-6-12-25(27)26-13-7-9-15-28(26)29/h3-19,29-30H,2,20-21H2,1H3,(H,33,35). The largest absolute Gasteiger partial charge is 0.466 e. The fourth-order valence-electron chi connectivity index (χ4n) is 4.94. The normalized spacial score (nSPS) is 13.0. The molecule has 1 atom stereocenters. The van der Waals surface area contributed by atoms with Gasteiger partial charge < -0.3 is 19.0 Å². The second kappa shape index (κ2) is 12.3. The molecule has 0 aromatic heterocycles. The van der Waals surface area contributed by atoms with E-state index in [1.165, 1.54) is 24.3 Å². The quantitative estimate of drug-likeness (QED) is 0.184. The van der Waals surface area contributed by atoms with Crippen LogP contribution >= 0.6 is 0 Å². The summed E-state index contributed by atoms with van der Waals surface area (Å²) in [6.45, 7) is 2.02. The molecule has 4 aromatic carbocycles. The lowest BCUT2D eigenvalue weighted by atomic mass is 9.98. The van der Waals surface area contributed by atoms with Crippen LogP contribution in [-0.4, -0.2) is 33.7 Å². The Morgan fingerprint density at radius 2 is 1.37 bits per heavy atom. The highest BCUT2D eigenvalue weighted by molar-refractivity contribution is 7.87. The molecule has 210 valence electrons. The van der Waals surface area contributed by atoms with Crippen molar-refractivity contribution in [2.24, 2.45) is 0 Å². The number of nitrogens with one attached hydrogen (secondary N) is 1. The number of esters is 1. The van der Waals surface area contributed by atoms with E-state index in [4.69, 9.17) is 13.7 Å². The van der Waals surface area contributed by atoms with E-state index in [0.717, 1.165) is 22.3 Å². The predicted molar refractivity (Wildman–Crippen MR) is 153 cm³/mol. The third-order valence-electron chi connectivity index (χ3n) is 6.83. The van der Waals surface area contributed by atoms with Crippen molar-refractivity contribution in [2.45, 2.75) is 30.2 Å². The van der Waals surface area contributed by atoms with Crippen LogP contribution in [0.5, 0.6) is 5.75 Å². The van der Waals surface area contributed by atoms with Crippen LogP contribution in [0.3, 0.4) is 0 Å². The Hall–Kier alpha value is -4.63. The number of hydrogen-bond donors (Lipinski definition) is 1. The van der Waals surface area contributed by atoms with Crippen molar-refractivity contribution < 1.29 is 31.7 Å². The smallest absolute Gasteiger partial charge is 0.407 e. The van der Waals surface area contributed by atoms with Crippen molar-refractivity contribution in [1.82, 2.24) is 5.32 Å². The third-order valence-corrected chi connectivity index (χ3v) is 8.09. The third kappa shape index (κ3) is 6.41. The Morgan fingerprint density at radius 3 is 1.98 bits per heavy atom. The Balaban J connectivity index is 1.28. The van der Waals surface area contributed by atoms with Gasteiger partial charge in [0.05, 0.1) is 19.1 Å². The molecule has 1 aliphatic rings. The molecule has 1 amide bonds. The van der Waals surface area contributed by atoms with Crippen LogP contribution in [0.25, 0.3) is 11.1 Å². The number of carbonyl (C=O) groups excluding carboxylic acids is 2. The molecule has 0 fully saturated rings. The van der Waals surface area contributed by atoms with Gasteiger partial charge >= 0.3 is 22.2 Å². The molecule has 5 rings (SSSR count). The van der Waals surface area contributed by atoms with Gasteiger partial charge in [0, 0.05) is 5.92 Å². The first-order valence-corrected chi connectivity index (χ1v) is 14.6. The fraction of sp³-hybridized carbons (Fsp3) is 0.188. The van der Waals surface area contributed by atoms with Gasteiger partial charge in [0.2, 0.25) is 0 Å². The molecule has 1 N–H and O–H groups in total. The average Bonchev–Trinajstić information content (AvgIpc) is 3.30. The van der Waals surface area contributed by atoms with E-state index in [2.05, 4.69) is 17.4 Å². The zero-order chi connectivity index (χ0) is 28.8. The van der Waals surface area contributed by atoms with Gasteiger partial charge in [-0.1, -0.05) is 78.9 Å². The van der Waals surface area contributed by atoms with Gasteiger partial charge in [-0.2, -0.15) is 8.42 Å². The zero-order valence-corrected chi connectivity index (χ0v) is 23.2. The maximum absolute atomic E-state index is 13.0. The molecule has 0 spiro atoms. The highest BCUT2D eigenvalue weighted by atomic mass is 32.2. The van der Waals surface area contributed by atoms with Gasteiger partial charge in [0.1, 0.15) is 17.3 Å². The summed E-state index contributed by atoms with van der Waals surface area (Å²) in [5, 5.41) is 2.77. The number of hydrogen-bond acceptors (Lipinski definition) is 7. The van der Waals surface area contributed by atoms with Crippen molar-refractivity contribution >= 4 is 22.2 Å². The van der Waals surface area contributed by atoms with Gasteiger partial charge in [-0.3, -0.25) is 4.79 Å². The summed E-state index contributed by atoms with van der Waals surface area (Å²) in [6, 6.07) is 29.2. The molecule has 1 unspecified atom stereocenters. The lowest BCUT2D eigenvalue weighted by Gasteiger charge is -2.20. The molecule has 0 saturated carbocycles. The first-order valence-electron chi connectivity index (χ1n) is 13.2. The Kier molecular flexibility index (Phi) is 8.35. The van der Waals surface area contributed by atoms with Crippen molar-refractivity contribution in [3.05, 3.63) is 120 Å². The lowest BCUT2D eigenvalue weighted by Crippen LogP contribution is -2.32. The summed E-state index contributed by atoms with van der Waals surface area (Å²) in [5.74, 6) is -0.517. The second-order valence-corrected chi connectivity index (χ2v) is 11.0. The number of alkyl carbamates (subject to hydrolysis) is 1. The number of carbonyl (C=O) groups is 2. The highest BCUT2D eigenvalue weighted by Crippen LogP contribution is 2.44. The molecule has 8 nitrogen and oxygen atoms in total. The SMILES string of the molecule is CCOC(=O)CC(NC(=O)OCC1c2ccccc2-c2ccccc21)c1ccc(OS(=O)(=O)c2ccccc2)cc1. The first kappa shape index (κ1) is 27.9. The van der Waals surface area contributed by atoms with E-state index in [9.17, 15) is 18.0 Å². The number of rotatable bonds is 10. The van der Waals surface area contributed by atoms with E-state index >= 15 is 0 Å². The molecule has 4 aromatic rings. The molecule has 0 radical (unpaired) electrons. The molecule has 1 aliphatic carbocycles. The van der Waals surface area contributed by atoms with Crippen molar-refractivity contribution in [3.63, 3.8) is 0 Å². The number of ether oxygens (including phenoxy) is 2. The van der Waals surface area contributed by atoms with Crippen LogP contribution in [0.4, 0.5) is 4.79 Å². The highest BCUT2D eigenvalue weighted by Gasteiger charge is 2.29. The Morgan fingerprint density at radius 1 is 0.780 bits per heavy atom. The van der Waals surface area contributed by atoms with Crippen LogP contribution in [0.2, 0.25) is 0 Å². The zero-order valence-electron chi connectivity index (χ0n) is 22.4. The number of benzene rings is 4. The Bertz CT molecular complexity index is 1590. The summed E-state index contributed by atoms with van der Waals surface area (Å²) < 4.78 is 41.1. The minimum Gasteiger partial charge on any atom is -0.466 e. The molecule has 0 aliphatic heterocycles.